The molecule has 1 aliphatic carbocycles. The van der Waals surface area contributed by atoms with Crippen molar-refractivity contribution in [2.75, 3.05) is 11.9 Å². The van der Waals surface area contributed by atoms with E-state index in [2.05, 4.69) is 16.9 Å². The van der Waals surface area contributed by atoms with Gasteiger partial charge in [-0.25, -0.2) is 4.98 Å². The predicted octanol–water partition coefficient (Wildman–Crippen LogP) is 2.10. The molecule has 0 spiro atoms. The van der Waals surface area contributed by atoms with Crippen molar-refractivity contribution in [1.82, 2.24) is 4.98 Å². The molecule has 24 heavy (non-hydrogen) atoms. The van der Waals surface area contributed by atoms with Crippen LogP contribution in [0.15, 0.2) is 18.3 Å². The Balaban J connectivity index is 2.03. The summed E-state index contributed by atoms with van der Waals surface area (Å²) in [5.74, 6) is 0.916. The zero-order chi connectivity index (χ0) is 18.0. The van der Waals surface area contributed by atoms with Crippen LogP contribution in [0.25, 0.3) is 0 Å². The van der Waals surface area contributed by atoms with E-state index in [1.165, 1.54) is 32.1 Å². The van der Waals surface area contributed by atoms with Gasteiger partial charge in [0, 0.05) is 24.7 Å². The lowest BCUT2D eigenvalue weighted by Crippen LogP contribution is -2.53. The number of pyridine rings is 1. The normalized spacial score (nSPS) is 17.0. The van der Waals surface area contributed by atoms with Crippen molar-refractivity contribution in [3.8, 4) is 0 Å². The topological polar surface area (TPSA) is 65.8 Å². The first-order chi connectivity index (χ1) is 11.1. The van der Waals surface area contributed by atoms with Crippen LogP contribution in [0.3, 0.4) is 0 Å². The van der Waals surface area contributed by atoms with Crippen molar-refractivity contribution in [1.29, 1.82) is 0 Å². The Kier molecular flexibility index (Phi) is 5.94. The van der Waals surface area contributed by atoms with Crippen LogP contribution in [0.4, 0.5) is 5.82 Å². The third kappa shape index (κ3) is 4.49. The van der Waals surface area contributed by atoms with E-state index in [0.717, 1.165) is 5.82 Å². The minimum Gasteiger partial charge on any atom is -0.423 e. The van der Waals surface area contributed by atoms with Crippen LogP contribution in [0.5, 0.6) is 0 Å². The lowest BCUT2D eigenvalue weighted by atomic mass is 9.77. The van der Waals surface area contributed by atoms with Gasteiger partial charge in [-0.2, -0.15) is 0 Å². The van der Waals surface area contributed by atoms with E-state index in [4.69, 9.17) is 4.65 Å². The molecule has 0 aliphatic heterocycles. The van der Waals surface area contributed by atoms with Crippen LogP contribution in [-0.4, -0.2) is 46.5 Å². The second-order valence-corrected chi connectivity index (χ2v) is 7.89. The zero-order valence-corrected chi connectivity index (χ0v) is 15.6. The summed E-state index contributed by atoms with van der Waals surface area (Å²) in [6.07, 6.45) is 7.98. The van der Waals surface area contributed by atoms with Gasteiger partial charge in [-0.1, -0.05) is 25.3 Å². The first-order valence-electron chi connectivity index (χ1n) is 8.89. The van der Waals surface area contributed by atoms with E-state index in [1.807, 2.05) is 12.1 Å². The van der Waals surface area contributed by atoms with Gasteiger partial charge in [0.15, 0.2) is 0 Å². The lowest BCUT2D eigenvalue weighted by Gasteiger charge is -2.38. The minimum absolute atomic E-state index is 0.549. The molecule has 0 bridgehead atoms. The van der Waals surface area contributed by atoms with Gasteiger partial charge in [0.1, 0.15) is 5.82 Å². The van der Waals surface area contributed by atoms with Gasteiger partial charge in [-0.15, -0.1) is 0 Å². The van der Waals surface area contributed by atoms with Crippen LogP contribution in [0.1, 0.15) is 59.8 Å². The van der Waals surface area contributed by atoms with Crippen molar-refractivity contribution in [2.45, 2.75) is 77.0 Å². The van der Waals surface area contributed by atoms with Gasteiger partial charge in [0.25, 0.3) is 0 Å². The summed E-state index contributed by atoms with van der Waals surface area (Å²) in [5.41, 5.74) is -1.36. The van der Waals surface area contributed by atoms with Crippen LogP contribution >= 0.6 is 0 Å². The fraction of sp³-hybridized carbons (Fsp3) is 0.722. The van der Waals surface area contributed by atoms with E-state index in [9.17, 15) is 10.1 Å². The molecule has 0 atom stereocenters. The van der Waals surface area contributed by atoms with Gasteiger partial charge in [-0.3, -0.25) is 0 Å². The molecule has 0 unspecified atom stereocenters. The summed E-state index contributed by atoms with van der Waals surface area (Å²) in [5, 5.41) is 20.5. The highest BCUT2D eigenvalue weighted by atomic mass is 16.5. The molecule has 0 aromatic carbocycles. The lowest BCUT2D eigenvalue weighted by molar-refractivity contribution is -0.0982. The van der Waals surface area contributed by atoms with Crippen LogP contribution in [0.2, 0.25) is 0 Å². The Labute approximate surface area is 146 Å². The summed E-state index contributed by atoms with van der Waals surface area (Å²) in [4.78, 5) is 6.72. The number of anilines is 1. The molecule has 0 radical (unpaired) electrons. The highest BCUT2D eigenvalue weighted by molar-refractivity contribution is 6.60. The quantitative estimate of drug-likeness (QED) is 0.780. The number of hydrogen-bond donors (Lipinski definition) is 2. The van der Waals surface area contributed by atoms with Crippen LogP contribution < -0.4 is 10.4 Å². The van der Waals surface area contributed by atoms with E-state index < -0.39 is 18.3 Å². The molecule has 2 N–H and O–H groups in total. The Bertz CT molecular complexity index is 522. The van der Waals surface area contributed by atoms with Crippen molar-refractivity contribution in [3.63, 3.8) is 0 Å². The average Bonchev–Trinajstić information content (AvgIpc) is 2.53. The van der Waals surface area contributed by atoms with E-state index in [-0.39, 0.29) is 0 Å². The van der Waals surface area contributed by atoms with Crippen molar-refractivity contribution >= 4 is 18.4 Å². The van der Waals surface area contributed by atoms with Gasteiger partial charge in [-0.05, 0) is 46.6 Å². The maximum Gasteiger partial charge on any atom is 0.493 e. The molecule has 5 nitrogen and oxygen atoms in total. The second-order valence-electron chi connectivity index (χ2n) is 7.89. The SMILES string of the molecule is CN(c1ccc(B(O)OC(C)(C)C(C)(C)O)cn1)C1CCCCC1. The van der Waals surface area contributed by atoms with E-state index in [1.54, 1.807) is 33.9 Å². The molecular formula is C18H31BN2O3. The average molecular weight is 334 g/mol. The molecule has 0 amide bonds. The summed E-state index contributed by atoms with van der Waals surface area (Å²) in [6, 6.07) is 4.31. The number of nitrogens with zero attached hydrogens (tertiary/aromatic N) is 2. The molecule has 1 heterocycles. The molecule has 1 aromatic heterocycles. The summed E-state index contributed by atoms with van der Waals surface area (Å²) in [7, 11) is 0.968. The highest BCUT2D eigenvalue weighted by Crippen LogP contribution is 2.26. The highest BCUT2D eigenvalue weighted by Gasteiger charge is 2.39. The van der Waals surface area contributed by atoms with Gasteiger partial charge in [0.2, 0.25) is 0 Å². The zero-order valence-electron chi connectivity index (χ0n) is 15.6. The molecule has 1 saturated carbocycles. The first kappa shape index (κ1) is 19.2. The maximum absolute atomic E-state index is 10.3. The molecule has 6 heteroatoms. The molecule has 1 fully saturated rings. The Hall–Kier alpha value is -1.11. The van der Waals surface area contributed by atoms with Gasteiger partial charge >= 0.3 is 7.12 Å². The second kappa shape index (κ2) is 7.42. The number of rotatable bonds is 6. The standard InChI is InChI=1S/C18H31BN2O3/c1-17(2,22)18(3,4)24-19(23)14-11-12-16(20-13-14)21(5)15-9-7-6-8-10-15/h11-13,15,22-23H,6-10H2,1-5H3. The van der Waals surface area contributed by atoms with Gasteiger partial charge in [0.05, 0.1) is 11.2 Å². The van der Waals surface area contributed by atoms with Crippen LogP contribution in [0, 0.1) is 0 Å². The Morgan fingerprint density at radius 1 is 1.17 bits per heavy atom. The number of aliphatic hydroxyl groups is 1. The summed E-state index contributed by atoms with van der Waals surface area (Å²) < 4.78 is 5.66. The third-order valence-corrected chi connectivity index (χ3v) is 5.42. The molecule has 1 aromatic rings. The van der Waals surface area contributed by atoms with Crippen molar-refractivity contribution < 1.29 is 14.8 Å². The number of aromatic nitrogens is 1. The number of hydrogen-bond acceptors (Lipinski definition) is 5. The molecule has 134 valence electrons. The molecule has 1 aliphatic rings. The van der Waals surface area contributed by atoms with E-state index in [0.29, 0.717) is 11.5 Å². The summed E-state index contributed by atoms with van der Waals surface area (Å²) >= 11 is 0. The fourth-order valence-corrected chi connectivity index (χ4v) is 2.90. The fourth-order valence-electron chi connectivity index (χ4n) is 2.90. The minimum atomic E-state index is -1.12. The first-order valence-corrected chi connectivity index (χ1v) is 8.89. The Morgan fingerprint density at radius 2 is 1.79 bits per heavy atom. The van der Waals surface area contributed by atoms with E-state index >= 15 is 0 Å². The smallest absolute Gasteiger partial charge is 0.423 e. The Morgan fingerprint density at radius 3 is 2.29 bits per heavy atom. The summed E-state index contributed by atoms with van der Waals surface area (Å²) in [6.45, 7) is 6.85. The monoisotopic (exact) mass is 334 g/mol. The predicted molar refractivity (Wildman–Crippen MR) is 98.6 cm³/mol. The molecular weight excluding hydrogens is 303 g/mol. The van der Waals surface area contributed by atoms with Crippen molar-refractivity contribution in [3.05, 3.63) is 18.3 Å². The maximum atomic E-state index is 10.3. The largest absolute Gasteiger partial charge is 0.493 e. The molecule has 2 rings (SSSR count). The third-order valence-electron chi connectivity index (χ3n) is 5.42. The molecule has 0 saturated heterocycles. The van der Waals surface area contributed by atoms with Gasteiger partial charge < -0.3 is 19.7 Å². The van der Waals surface area contributed by atoms with Crippen LogP contribution in [-0.2, 0) is 4.65 Å². The van der Waals surface area contributed by atoms with Crippen molar-refractivity contribution in [2.24, 2.45) is 0 Å².